The maximum Gasteiger partial charge on any atom is 0.406 e. The number of nitrogens with one attached hydrogen (secondary N) is 1. The van der Waals surface area contributed by atoms with Crippen LogP contribution in [-0.4, -0.2) is 38.3 Å². The second kappa shape index (κ2) is 5.09. The lowest BCUT2D eigenvalue weighted by Gasteiger charge is -2.27. The van der Waals surface area contributed by atoms with E-state index in [1.165, 1.54) is 7.05 Å². The van der Waals surface area contributed by atoms with Crippen molar-refractivity contribution in [1.29, 1.82) is 0 Å². The van der Waals surface area contributed by atoms with Gasteiger partial charge in [-0.15, -0.1) is 0 Å². The Morgan fingerprint density at radius 3 is 3.20 bits per heavy atom. The average Bonchev–Trinajstić information content (AvgIpc) is 2.92. The molecule has 2 N–H and O–H groups in total. The van der Waals surface area contributed by atoms with Crippen LogP contribution in [0.3, 0.4) is 0 Å². The molecule has 0 bridgehead atoms. The van der Waals surface area contributed by atoms with E-state index in [4.69, 9.17) is 18.9 Å². The van der Waals surface area contributed by atoms with Crippen molar-refractivity contribution < 1.29 is 28.8 Å². The van der Waals surface area contributed by atoms with E-state index < -0.39 is 12.2 Å². The third kappa shape index (κ3) is 2.09. The normalized spacial score (nSPS) is 19.4. The highest BCUT2D eigenvalue weighted by atomic mass is 16.7. The predicted molar refractivity (Wildman–Crippen MR) is 67.0 cm³/mol. The lowest BCUT2D eigenvalue weighted by Crippen LogP contribution is -2.26. The van der Waals surface area contributed by atoms with Crippen molar-refractivity contribution >= 4 is 6.09 Å². The summed E-state index contributed by atoms with van der Waals surface area (Å²) < 4.78 is 21.4. The van der Waals surface area contributed by atoms with Crippen molar-refractivity contribution in [2.24, 2.45) is 0 Å². The molecule has 0 spiro atoms. The smallest absolute Gasteiger partial charge is 0.406 e. The van der Waals surface area contributed by atoms with E-state index in [-0.39, 0.29) is 19.1 Å². The molecule has 1 aromatic rings. The van der Waals surface area contributed by atoms with E-state index in [2.05, 4.69) is 5.32 Å². The first-order chi connectivity index (χ1) is 9.70. The Balaban J connectivity index is 1.93. The van der Waals surface area contributed by atoms with Gasteiger partial charge in [-0.25, -0.2) is 4.79 Å². The topological polar surface area (TPSA) is 86.3 Å². The van der Waals surface area contributed by atoms with Crippen LogP contribution < -0.4 is 14.8 Å². The fourth-order valence-electron chi connectivity index (χ4n) is 2.44. The minimum Gasteiger partial charge on any atom is -0.508 e. The number of phenolic OH excluding ortho intramolecular Hbond substituents is 1. The summed E-state index contributed by atoms with van der Waals surface area (Å²) in [5.41, 5.74) is 1.46. The quantitative estimate of drug-likeness (QED) is 0.844. The number of alkyl carbamates (subject to hydrolysis) is 1. The maximum atomic E-state index is 11.2. The summed E-state index contributed by atoms with van der Waals surface area (Å²) in [6.45, 7) is 0.599. The van der Waals surface area contributed by atoms with Gasteiger partial charge in [0, 0.05) is 24.2 Å². The van der Waals surface area contributed by atoms with Gasteiger partial charge in [0.2, 0.25) is 6.79 Å². The molecule has 0 aromatic heterocycles. The average molecular weight is 281 g/mol. The summed E-state index contributed by atoms with van der Waals surface area (Å²) in [5, 5.41) is 12.4. The molecule has 7 heteroatoms. The van der Waals surface area contributed by atoms with Crippen LogP contribution in [0.15, 0.2) is 6.07 Å². The molecule has 2 aliphatic rings. The SMILES string of the molecule is CNC(=O)OCC1OCCc2c(O)cc3c(c21)OCO3. The molecule has 0 saturated heterocycles. The van der Waals surface area contributed by atoms with Crippen LogP contribution in [0.25, 0.3) is 0 Å². The van der Waals surface area contributed by atoms with Gasteiger partial charge in [0.25, 0.3) is 0 Å². The number of phenols is 1. The predicted octanol–water partition coefficient (Wildman–Crippen LogP) is 1.09. The van der Waals surface area contributed by atoms with Gasteiger partial charge in [-0.3, -0.25) is 0 Å². The lowest BCUT2D eigenvalue weighted by molar-refractivity contribution is -0.00553. The highest BCUT2D eigenvalue weighted by molar-refractivity contribution is 5.66. The van der Waals surface area contributed by atoms with E-state index in [1.807, 2.05) is 0 Å². The van der Waals surface area contributed by atoms with Crippen LogP contribution in [-0.2, 0) is 15.9 Å². The Morgan fingerprint density at radius 2 is 2.40 bits per heavy atom. The highest BCUT2D eigenvalue weighted by Crippen LogP contribution is 2.47. The number of ether oxygens (including phenoxy) is 4. The highest BCUT2D eigenvalue weighted by Gasteiger charge is 2.33. The second-order valence-electron chi connectivity index (χ2n) is 4.48. The summed E-state index contributed by atoms with van der Waals surface area (Å²) in [5.74, 6) is 1.19. The third-order valence-electron chi connectivity index (χ3n) is 3.35. The van der Waals surface area contributed by atoms with Crippen LogP contribution >= 0.6 is 0 Å². The Labute approximate surface area is 115 Å². The lowest BCUT2D eigenvalue weighted by atomic mass is 9.95. The van der Waals surface area contributed by atoms with Gasteiger partial charge < -0.3 is 29.4 Å². The van der Waals surface area contributed by atoms with E-state index in [0.717, 1.165) is 5.56 Å². The summed E-state index contributed by atoms with van der Waals surface area (Å²) in [4.78, 5) is 11.2. The minimum absolute atomic E-state index is 0.0475. The number of carbonyl (C=O) groups is 1. The second-order valence-corrected chi connectivity index (χ2v) is 4.48. The van der Waals surface area contributed by atoms with Crippen LogP contribution in [0.4, 0.5) is 4.79 Å². The molecule has 2 aliphatic heterocycles. The molecule has 1 amide bonds. The van der Waals surface area contributed by atoms with Gasteiger partial charge in [0.15, 0.2) is 11.5 Å². The number of rotatable bonds is 2. The Kier molecular flexibility index (Phi) is 3.27. The number of hydrogen-bond acceptors (Lipinski definition) is 6. The monoisotopic (exact) mass is 281 g/mol. The minimum atomic E-state index is -0.533. The molecule has 1 aromatic carbocycles. The molecule has 0 aliphatic carbocycles. The number of benzene rings is 1. The van der Waals surface area contributed by atoms with Gasteiger partial charge in [0.05, 0.1) is 6.61 Å². The first-order valence-corrected chi connectivity index (χ1v) is 6.31. The number of amides is 1. The number of aromatic hydroxyl groups is 1. The van der Waals surface area contributed by atoms with Crippen LogP contribution in [0.1, 0.15) is 17.2 Å². The molecule has 7 nitrogen and oxygen atoms in total. The zero-order valence-corrected chi connectivity index (χ0v) is 11.0. The largest absolute Gasteiger partial charge is 0.508 e. The zero-order valence-electron chi connectivity index (χ0n) is 11.0. The summed E-state index contributed by atoms with van der Waals surface area (Å²) >= 11 is 0. The molecule has 0 fully saturated rings. The molecule has 1 atom stereocenters. The van der Waals surface area contributed by atoms with E-state index in [0.29, 0.717) is 30.1 Å². The first-order valence-electron chi connectivity index (χ1n) is 6.31. The Bertz CT molecular complexity index is 540. The molecule has 108 valence electrons. The fourth-order valence-corrected chi connectivity index (χ4v) is 2.44. The summed E-state index contributed by atoms with van der Waals surface area (Å²) in [6.07, 6.45) is -0.429. The van der Waals surface area contributed by atoms with Crippen LogP contribution in [0.5, 0.6) is 17.2 Å². The molecule has 0 radical (unpaired) electrons. The molecular weight excluding hydrogens is 266 g/mol. The standard InChI is InChI=1S/C13H15NO6/c1-14-13(16)18-5-10-11-7(2-3-17-10)8(15)4-9-12(11)20-6-19-9/h4,10,15H,2-3,5-6H2,1H3,(H,14,16). The van der Waals surface area contributed by atoms with E-state index in [1.54, 1.807) is 6.07 Å². The molecule has 3 rings (SSSR count). The van der Waals surface area contributed by atoms with Crippen LogP contribution in [0, 0.1) is 0 Å². The summed E-state index contributed by atoms with van der Waals surface area (Å²) in [6, 6.07) is 1.54. The zero-order chi connectivity index (χ0) is 14.1. The number of hydrogen-bond donors (Lipinski definition) is 2. The van der Waals surface area contributed by atoms with Gasteiger partial charge in [-0.1, -0.05) is 0 Å². The number of fused-ring (bicyclic) bond motifs is 3. The first kappa shape index (κ1) is 12.9. The molecule has 20 heavy (non-hydrogen) atoms. The molecule has 0 saturated carbocycles. The number of carbonyl (C=O) groups excluding carboxylic acids is 1. The van der Waals surface area contributed by atoms with Crippen molar-refractivity contribution in [2.75, 3.05) is 27.1 Å². The van der Waals surface area contributed by atoms with Crippen molar-refractivity contribution in [3.8, 4) is 17.2 Å². The van der Waals surface area contributed by atoms with Crippen LogP contribution in [0.2, 0.25) is 0 Å². The summed E-state index contributed by atoms with van der Waals surface area (Å²) in [7, 11) is 1.48. The van der Waals surface area contributed by atoms with Gasteiger partial charge in [0.1, 0.15) is 18.5 Å². The fraction of sp³-hybridized carbons (Fsp3) is 0.462. The van der Waals surface area contributed by atoms with Gasteiger partial charge in [-0.05, 0) is 6.42 Å². The van der Waals surface area contributed by atoms with Crippen molar-refractivity contribution in [3.63, 3.8) is 0 Å². The van der Waals surface area contributed by atoms with E-state index >= 15 is 0 Å². The molecular formula is C13H15NO6. The van der Waals surface area contributed by atoms with Crippen molar-refractivity contribution in [1.82, 2.24) is 5.32 Å². The Hall–Kier alpha value is -2.15. The van der Waals surface area contributed by atoms with Crippen molar-refractivity contribution in [3.05, 3.63) is 17.2 Å². The Morgan fingerprint density at radius 1 is 1.55 bits per heavy atom. The van der Waals surface area contributed by atoms with E-state index in [9.17, 15) is 9.90 Å². The third-order valence-corrected chi connectivity index (χ3v) is 3.35. The van der Waals surface area contributed by atoms with Crippen molar-refractivity contribution in [2.45, 2.75) is 12.5 Å². The molecule has 2 heterocycles. The maximum absolute atomic E-state index is 11.2. The van der Waals surface area contributed by atoms with Gasteiger partial charge >= 0.3 is 6.09 Å². The molecule has 1 unspecified atom stereocenters. The van der Waals surface area contributed by atoms with Gasteiger partial charge in [-0.2, -0.15) is 0 Å².